The third kappa shape index (κ3) is 6.08. The van der Waals surface area contributed by atoms with Gasteiger partial charge in [-0.05, 0) is 43.3 Å². The van der Waals surface area contributed by atoms with Gasteiger partial charge in [0, 0.05) is 17.6 Å². The lowest BCUT2D eigenvalue weighted by molar-refractivity contribution is -0.113. The minimum Gasteiger partial charge on any atom is -0.342 e. The molecule has 2 N–H and O–H groups in total. The Bertz CT molecular complexity index is 1150. The number of hydrogen-bond donors (Lipinski definition) is 2. The van der Waals surface area contributed by atoms with E-state index in [9.17, 15) is 9.59 Å². The Kier molecular flexibility index (Phi) is 8.30. The van der Waals surface area contributed by atoms with Crippen LogP contribution in [0.2, 0.25) is 20.1 Å². The maximum absolute atomic E-state index is 12.4. The number of thioether (sulfide) groups is 1. The molecule has 1 atom stereocenters. The zero-order valence-electron chi connectivity index (χ0n) is 16.8. The topological polar surface area (TPSA) is 88.9 Å². The molecule has 0 saturated heterocycles. The summed E-state index contributed by atoms with van der Waals surface area (Å²) in [5, 5.41) is 15.7. The van der Waals surface area contributed by atoms with E-state index in [0.717, 1.165) is 0 Å². The van der Waals surface area contributed by atoms with Crippen LogP contribution in [0.5, 0.6) is 0 Å². The molecular weight excluding hydrogens is 516 g/mol. The monoisotopic (exact) mass is 531 g/mol. The van der Waals surface area contributed by atoms with Gasteiger partial charge in [0.05, 0.1) is 32.5 Å². The van der Waals surface area contributed by atoms with Crippen LogP contribution in [0.15, 0.2) is 41.6 Å². The number of benzene rings is 2. The molecule has 2 amide bonds. The number of carbonyl (C=O) groups is 2. The highest BCUT2D eigenvalue weighted by atomic mass is 35.5. The summed E-state index contributed by atoms with van der Waals surface area (Å²) >= 11 is 25.0. The molecule has 7 nitrogen and oxygen atoms in total. The maximum atomic E-state index is 12.4. The Morgan fingerprint density at radius 1 is 1.03 bits per heavy atom. The van der Waals surface area contributed by atoms with Crippen molar-refractivity contribution in [2.45, 2.75) is 18.1 Å². The molecule has 3 aromatic rings. The van der Waals surface area contributed by atoms with Crippen molar-refractivity contribution in [3.05, 3.63) is 67.9 Å². The zero-order valence-corrected chi connectivity index (χ0v) is 20.7. The fraction of sp³-hybridized carbons (Fsp3) is 0.200. The van der Waals surface area contributed by atoms with E-state index < -0.39 is 6.04 Å². The summed E-state index contributed by atoms with van der Waals surface area (Å²) in [5.74, 6) is 0.0459. The van der Waals surface area contributed by atoms with Crippen LogP contribution in [0.3, 0.4) is 0 Å². The van der Waals surface area contributed by atoms with Crippen molar-refractivity contribution in [3.8, 4) is 0 Å². The van der Waals surface area contributed by atoms with Crippen molar-refractivity contribution in [1.29, 1.82) is 0 Å². The van der Waals surface area contributed by atoms with Crippen LogP contribution in [0.4, 0.5) is 5.69 Å². The summed E-state index contributed by atoms with van der Waals surface area (Å²) in [5.41, 5.74) is 0.847. The number of anilines is 1. The molecule has 0 bridgehead atoms. The average Bonchev–Trinajstić information content (AvgIpc) is 3.11. The van der Waals surface area contributed by atoms with Crippen molar-refractivity contribution in [1.82, 2.24) is 20.1 Å². The van der Waals surface area contributed by atoms with Gasteiger partial charge in [0.15, 0.2) is 11.0 Å². The van der Waals surface area contributed by atoms with Crippen molar-refractivity contribution >= 4 is 75.7 Å². The molecule has 12 heteroatoms. The summed E-state index contributed by atoms with van der Waals surface area (Å²) < 4.78 is 1.72. The normalized spacial score (nSPS) is 11.8. The second-order valence-corrected chi connectivity index (χ2v) is 9.29. The predicted molar refractivity (Wildman–Crippen MR) is 129 cm³/mol. The Balaban J connectivity index is 1.59. The van der Waals surface area contributed by atoms with E-state index in [0.29, 0.717) is 32.3 Å². The number of nitrogens with one attached hydrogen (secondary N) is 2. The van der Waals surface area contributed by atoms with Crippen LogP contribution in [-0.2, 0) is 11.8 Å². The number of carbonyl (C=O) groups excluding carboxylic acids is 2. The molecule has 0 aliphatic rings. The number of halogens is 4. The first-order valence-corrected chi connectivity index (χ1v) is 11.7. The Labute approximate surface area is 208 Å². The Hall–Kier alpha value is -1.97. The fourth-order valence-electron chi connectivity index (χ4n) is 2.71. The molecule has 0 unspecified atom stereocenters. The van der Waals surface area contributed by atoms with Crippen LogP contribution in [0.25, 0.3) is 0 Å². The molecule has 168 valence electrons. The molecule has 1 aromatic heterocycles. The minimum atomic E-state index is -0.408. The van der Waals surface area contributed by atoms with E-state index in [-0.39, 0.29) is 27.6 Å². The van der Waals surface area contributed by atoms with Gasteiger partial charge in [-0.2, -0.15) is 0 Å². The van der Waals surface area contributed by atoms with Crippen LogP contribution >= 0.6 is 58.2 Å². The van der Waals surface area contributed by atoms with Crippen molar-refractivity contribution < 1.29 is 9.59 Å². The van der Waals surface area contributed by atoms with E-state index in [4.69, 9.17) is 46.4 Å². The van der Waals surface area contributed by atoms with E-state index in [1.165, 1.54) is 23.9 Å². The Morgan fingerprint density at radius 3 is 2.38 bits per heavy atom. The predicted octanol–water partition coefficient (Wildman–Crippen LogP) is 5.65. The highest BCUT2D eigenvalue weighted by Gasteiger charge is 2.19. The van der Waals surface area contributed by atoms with E-state index in [1.54, 1.807) is 42.8 Å². The van der Waals surface area contributed by atoms with E-state index >= 15 is 0 Å². The summed E-state index contributed by atoms with van der Waals surface area (Å²) in [6.07, 6.45) is 0. The van der Waals surface area contributed by atoms with Gasteiger partial charge in [-0.15, -0.1) is 10.2 Å². The third-order valence-corrected chi connectivity index (χ3v) is 6.63. The largest absolute Gasteiger partial charge is 0.342 e. The number of hydrogen-bond acceptors (Lipinski definition) is 5. The van der Waals surface area contributed by atoms with Crippen LogP contribution in [0.1, 0.15) is 29.1 Å². The lowest BCUT2D eigenvalue weighted by atomic mass is 10.2. The van der Waals surface area contributed by atoms with Crippen LogP contribution in [-0.4, -0.2) is 32.3 Å². The number of nitrogens with zero attached hydrogens (tertiary/aromatic N) is 3. The molecule has 0 aliphatic heterocycles. The van der Waals surface area contributed by atoms with Crippen molar-refractivity contribution in [3.63, 3.8) is 0 Å². The zero-order chi connectivity index (χ0) is 23.4. The number of aromatic nitrogens is 3. The van der Waals surface area contributed by atoms with Gasteiger partial charge in [-0.25, -0.2) is 0 Å². The lowest BCUT2D eigenvalue weighted by Crippen LogP contribution is -2.28. The van der Waals surface area contributed by atoms with Gasteiger partial charge in [-0.1, -0.05) is 58.2 Å². The van der Waals surface area contributed by atoms with Gasteiger partial charge in [0.1, 0.15) is 0 Å². The fourth-order valence-corrected chi connectivity index (χ4v) is 4.15. The maximum Gasteiger partial charge on any atom is 0.251 e. The molecule has 0 aliphatic carbocycles. The minimum absolute atomic E-state index is 0.0636. The molecule has 0 saturated carbocycles. The van der Waals surface area contributed by atoms with Gasteiger partial charge < -0.3 is 15.2 Å². The van der Waals surface area contributed by atoms with Crippen LogP contribution in [0, 0.1) is 0 Å². The number of rotatable bonds is 7. The molecule has 2 aromatic carbocycles. The second-order valence-electron chi connectivity index (χ2n) is 6.68. The van der Waals surface area contributed by atoms with E-state index in [1.807, 2.05) is 0 Å². The van der Waals surface area contributed by atoms with Gasteiger partial charge in [0.25, 0.3) is 5.91 Å². The van der Waals surface area contributed by atoms with Gasteiger partial charge >= 0.3 is 0 Å². The first kappa shape index (κ1) is 24.7. The average molecular weight is 533 g/mol. The molecule has 1 heterocycles. The first-order chi connectivity index (χ1) is 15.2. The van der Waals surface area contributed by atoms with Crippen molar-refractivity contribution in [2.24, 2.45) is 7.05 Å². The molecule has 3 rings (SSSR count). The molecule has 0 radical (unpaired) electrons. The molecule has 0 fully saturated rings. The highest BCUT2D eigenvalue weighted by molar-refractivity contribution is 7.99. The summed E-state index contributed by atoms with van der Waals surface area (Å²) in [7, 11) is 1.76. The van der Waals surface area contributed by atoms with E-state index in [2.05, 4.69) is 20.8 Å². The molecule has 0 spiro atoms. The first-order valence-electron chi connectivity index (χ1n) is 9.18. The number of amides is 2. The molecule has 32 heavy (non-hydrogen) atoms. The SMILES string of the molecule is C[C@@H](NC(=O)c1ccc(Cl)cc1)c1nnc(SCC(=O)Nc2cc(Cl)c(Cl)cc2Cl)n1C. The summed E-state index contributed by atoms with van der Waals surface area (Å²) in [6.45, 7) is 1.80. The quantitative estimate of drug-likeness (QED) is 0.303. The third-order valence-electron chi connectivity index (χ3n) is 4.33. The smallest absolute Gasteiger partial charge is 0.251 e. The highest BCUT2D eigenvalue weighted by Crippen LogP contribution is 2.32. The lowest BCUT2D eigenvalue weighted by Gasteiger charge is -2.13. The second kappa shape index (κ2) is 10.8. The summed E-state index contributed by atoms with van der Waals surface area (Å²) in [4.78, 5) is 24.7. The van der Waals surface area contributed by atoms with Gasteiger partial charge in [0.2, 0.25) is 5.91 Å². The van der Waals surface area contributed by atoms with Crippen LogP contribution < -0.4 is 10.6 Å². The van der Waals surface area contributed by atoms with Crippen molar-refractivity contribution in [2.75, 3.05) is 11.1 Å². The molecular formula is C20H17Cl4N5O2S. The Morgan fingerprint density at radius 2 is 1.69 bits per heavy atom. The summed E-state index contributed by atoms with van der Waals surface area (Å²) in [6, 6.07) is 9.11. The van der Waals surface area contributed by atoms with Gasteiger partial charge in [-0.3, -0.25) is 9.59 Å². The standard InChI is InChI=1S/C20H17Cl4N5O2S/c1-10(25-19(31)11-3-5-12(21)6-4-11)18-27-28-20(29(18)2)32-9-17(30)26-16-8-14(23)13(22)7-15(16)24/h3-8,10H,9H2,1-2H3,(H,25,31)(H,26,30)/t10-/m1/s1.